The van der Waals surface area contributed by atoms with Crippen LogP contribution in [0.1, 0.15) is 43.2 Å². The molecule has 33 heavy (non-hydrogen) atoms. The standard InChI is InChI=1S/C25H28N6O2/c32-24-6-8-29(25(33)28-24)23-15-27-31-9-5-17(13-22(23)31)10-19-11-20-3-4-21(12-19)30(20)16-18-2-1-7-26-14-18/h1-2,5,7,9,13-15,19-21H,3-4,6,8,10-12,16H2,(H,28,32,33). The lowest BCUT2D eigenvalue weighted by Gasteiger charge is -2.39. The summed E-state index contributed by atoms with van der Waals surface area (Å²) in [5.41, 5.74) is 4.25. The van der Waals surface area contributed by atoms with Gasteiger partial charge in [-0.15, -0.1) is 0 Å². The molecule has 3 saturated heterocycles. The number of aromatic nitrogens is 3. The fourth-order valence-electron chi connectivity index (χ4n) is 5.99. The molecule has 0 saturated carbocycles. The van der Waals surface area contributed by atoms with Crippen LogP contribution in [-0.2, 0) is 17.8 Å². The Morgan fingerprint density at radius 3 is 2.67 bits per heavy atom. The van der Waals surface area contributed by atoms with Crippen molar-refractivity contribution >= 4 is 23.1 Å². The molecule has 2 atom stereocenters. The predicted octanol–water partition coefficient (Wildman–Crippen LogP) is 3.16. The zero-order chi connectivity index (χ0) is 22.4. The van der Waals surface area contributed by atoms with E-state index >= 15 is 0 Å². The van der Waals surface area contributed by atoms with Crippen LogP contribution in [0.5, 0.6) is 0 Å². The fraction of sp³-hybridized carbons (Fsp3) is 0.440. The molecule has 2 bridgehead atoms. The highest BCUT2D eigenvalue weighted by Gasteiger charge is 2.40. The van der Waals surface area contributed by atoms with Crippen molar-refractivity contribution < 1.29 is 9.59 Å². The summed E-state index contributed by atoms with van der Waals surface area (Å²) in [5, 5.41) is 6.82. The first-order chi connectivity index (χ1) is 16.1. The van der Waals surface area contributed by atoms with Crippen LogP contribution in [-0.4, -0.2) is 50.1 Å². The van der Waals surface area contributed by atoms with Crippen molar-refractivity contribution in [1.29, 1.82) is 0 Å². The largest absolute Gasteiger partial charge is 0.328 e. The molecule has 3 aliphatic heterocycles. The molecule has 0 spiro atoms. The zero-order valence-corrected chi connectivity index (χ0v) is 18.6. The first kappa shape index (κ1) is 20.4. The number of nitrogens with one attached hydrogen (secondary N) is 1. The number of urea groups is 1. The lowest BCUT2D eigenvalue weighted by molar-refractivity contribution is -0.120. The number of nitrogens with zero attached hydrogens (tertiary/aromatic N) is 5. The maximum atomic E-state index is 12.3. The Hall–Kier alpha value is -3.26. The molecule has 6 rings (SSSR count). The van der Waals surface area contributed by atoms with Gasteiger partial charge < -0.3 is 0 Å². The summed E-state index contributed by atoms with van der Waals surface area (Å²) in [4.78, 5) is 32.5. The molecule has 2 unspecified atom stereocenters. The number of piperidine rings is 1. The SMILES string of the molecule is O=C1CCN(c2cnn3ccc(CC4CC5CCC(C4)N5Cc4cccnc4)cc23)C(=O)N1. The Balaban J connectivity index is 1.17. The fourth-order valence-corrected chi connectivity index (χ4v) is 5.99. The minimum absolute atomic E-state index is 0.224. The van der Waals surface area contributed by atoms with E-state index in [1.54, 1.807) is 11.1 Å². The molecule has 3 fully saturated rings. The number of carbonyl (C=O) groups is 2. The highest BCUT2D eigenvalue weighted by Crippen LogP contribution is 2.41. The van der Waals surface area contributed by atoms with Crippen molar-refractivity contribution in [3.8, 4) is 0 Å². The third-order valence-corrected chi connectivity index (χ3v) is 7.50. The zero-order valence-electron chi connectivity index (χ0n) is 18.6. The van der Waals surface area contributed by atoms with Gasteiger partial charge in [0, 0.05) is 50.2 Å². The van der Waals surface area contributed by atoms with Crippen LogP contribution in [0.4, 0.5) is 10.5 Å². The molecular weight excluding hydrogens is 416 g/mol. The van der Waals surface area contributed by atoms with Gasteiger partial charge in [0.15, 0.2) is 0 Å². The van der Waals surface area contributed by atoms with Crippen LogP contribution in [0.25, 0.3) is 5.52 Å². The summed E-state index contributed by atoms with van der Waals surface area (Å²) < 4.78 is 1.81. The normalized spacial score (nSPS) is 25.6. The van der Waals surface area contributed by atoms with Gasteiger partial charge in [-0.2, -0.15) is 5.10 Å². The number of amides is 3. The van der Waals surface area contributed by atoms with Gasteiger partial charge in [0.25, 0.3) is 0 Å². The quantitative estimate of drug-likeness (QED) is 0.654. The summed E-state index contributed by atoms with van der Waals surface area (Å²) in [5.74, 6) is 0.440. The van der Waals surface area contributed by atoms with Gasteiger partial charge in [-0.25, -0.2) is 9.31 Å². The summed E-state index contributed by atoms with van der Waals surface area (Å²) in [7, 11) is 0. The van der Waals surface area contributed by atoms with Gasteiger partial charge in [-0.1, -0.05) is 6.07 Å². The highest BCUT2D eigenvalue weighted by atomic mass is 16.2. The average molecular weight is 445 g/mol. The lowest BCUT2D eigenvalue weighted by Crippen LogP contribution is -2.49. The van der Waals surface area contributed by atoms with E-state index in [0.717, 1.165) is 24.2 Å². The van der Waals surface area contributed by atoms with Crippen molar-refractivity contribution in [2.45, 2.75) is 57.2 Å². The summed E-state index contributed by atoms with van der Waals surface area (Å²) in [6.45, 7) is 1.39. The predicted molar refractivity (Wildman–Crippen MR) is 124 cm³/mol. The minimum atomic E-state index is -0.371. The van der Waals surface area contributed by atoms with E-state index in [1.807, 2.05) is 29.2 Å². The third-order valence-electron chi connectivity index (χ3n) is 7.50. The van der Waals surface area contributed by atoms with Gasteiger partial charge in [-0.3, -0.25) is 24.9 Å². The van der Waals surface area contributed by atoms with E-state index in [1.165, 1.54) is 36.8 Å². The molecular formula is C25H28N6O2. The highest BCUT2D eigenvalue weighted by molar-refractivity contribution is 6.07. The molecule has 8 heteroatoms. The van der Waals surface area contributed by atoms with Crippen molar-refractivity contribution in [3.05, 3.63) is 60.2 Å². The second-order valence-electron chi connectivity index (χ2n) is 9.61. The summed E-state index contributed by atoms with van der Waals surface area (Å²) in [6.07, 6.45) is 13.9. The number of hydrogen-bond donors (Lipinski definition) is 1. The lowest BCUT2D eigenvalue weighted by atomic mass is 9.85. The molecule has 0 aromatic carbocycles. The average Bonchev–Trinajstić information content (AvgIpc) is 3.31. The molecule has 0 radical (unpaired) electrons. The van der Waals surface area contributed by atoms with E-state index in [2.05, 4.69) is 38.5 Å². The smallest absolute Gasteiger partial charge is 0.293 e. The van der Waals surface area contributed by atoms with Crippen molar-refractivity contribution in [2.24, 2.45) is 5.92 Å². The third kappa shape index (κ3) is 3.88. The molecule has 3 aliphatic rings. The maximum Gasteiger partial charge on any atom is 0.328 e. The van der Waals surface area contributed by atoms with E-state index in [0.29, 0.717) is 31.0 Å². The van der Waals surface area contributed by atoms with E-state index in [9.17, 15) is 9.59 Å². The molecule has 8 nitrogen and oxygen atoms in total. The Kier molecular flexibility index (Phi) is 5.10. The molecule has 6 heterocycles. The first-order valence-corrected chi connectivity index (χ1v) is 11.9. The number of carbonyl (C=O) groups excluding carboxylic acids is 2. The summed E-state index contributed by atoms with van der Waals surface area (Å²) in [6, 6.07) is 9.44. The number of fused-ring (bicyclic) bond motifs is 3. The van der Waals surface area contributed by atoms with Gasteiger partial charge in [0.05, 0.1) is 17.4 Å². The van der Waals surface area contributed by atoms with E-state index in [-0.39, 0.29) is 11.9 Å². The van der Waals surface area contributed by atoms with Gasteiger partial charge >= 0.3 is 6.03 Å². The van der Waals surface area contributed by atoms with Gasteiger partial charge in [0.1, 0.15) is 0 Å². The van der Waals surface area contributed by atoms with E-state index in [4.69, 9.17) is 0 Å². The Morgan fingerprint density at radius 1 is 1.06 bits per heavy atom. The van der Waals surface area contributed by atoms with Crippen LogP contribution >= 0.6 is 0 Å². The Morgan fingerprint density at radius 2 is 1.91 bits per heavy atom. The molecule has 1 N–H and O–H groups in total. The number of anilines is 1. The first-order valence-electron chi connectivity index (χ1n) is 11.9. The molecule has 0 aliphatic carbocycles. The Bertz CT molecular complexity index is 1180. The summed E-state index contributed by atoms with van der Waals surface area (Å²) >= 11 is 0. The van der Waals surface area contributed by atoms with Crippen LogP contribution in [0, 0.1) is 5.92 Å². The molecule has 170 valence electrons. The topological polar surface area (TPSA) is 82.8 Å². The molecule has 3 aromatic rings. The van der Waals surface area contributed by atoms with Gasteiger partial charge in [-0.05, 0) is 67.3 Å². The Labute approximate surface area is 192 Å². The molecule has 3 amide bonds. The van der Waals surface area contributed by atoms with Crippen molar-refractivity contribution in [3.63, 3.8) is 0 Å². The number of rotatable bonds is 5. The maximum absolute atomic E-state index is 12.3. The van der Waals surface area contributed by atoms with Gasteiger partial charge in [0.2, 0.25) is 5.91 Å². The monoisotopic (exact) mass is 444 g/mol. The second kappa shape index (κ2) is 8.26. The number of hydrogen-bond acceptors (Lipinski definition) is 5. The number of pyridine rings is 2. The molecule has 3 aromatic heterocycles. The van der Waals surface area contributed by atoms with Crippen molar-refractivity contribution in [2.75, 3.05) is 11.4 Å². The number of imide groups is 1. The second-order valence-corrected chi connectivity index (χ2v) is 9.61. The van der Waals surface area contributed by atoms with Crippen molar-refractivity contribution in [1.82, 2.24) is 24.8 Å². The van der Waals surface area contributed by atoms with Crippen LogP contribution in [0.2, 0.25) is 0 Å². The minimum Gasteiger partial charge on any atom is -0.293 e. The van der Waals surface area contributed by atoms with Crippen LogP contribution < -0.4 is 10.2 Å². The van der Waals surface area contributed by atoms with Crippen LogP contribution in [0.15, 0.2) is 49.1 Å². The van der Waals surface area contributed by atoms with Crippen LogP contribution in [0.3, 0.4) is 0 Å². The van der Waals surface area contributed by atoms with E-state index < -0.39 is 0 Å².